The first kappa shape index (κ1) is 17.2. The van der Waals surface area contributed by atoms with E-state index in [1.165, 1.54) is 0 Å². The van der Waals surface area contributed by atoms with Crippen molar-refractivity contribution in [1.82, 2.24) is 14.8 Å². The Bertz CT molecular complexity index is 582. The summed E-state index contributed by atoms with van der Waals surface area (Å²) in [4.78, 5) is 21.2. The highest BCUT2D eigenvalue weighted by Gasteiger charge is 2.16. The lowest BCUT2D eigenvalue weighted by Gasteiger charge is -2.26. The van der Waals surface area contributed by atoms with E-state index in [1.54, 1.807) is 6.20 Å². The Morgan fingerprint density at radius 3 is 2.35 bits per heavy atom. The largest absolute Gasteiger partial charge is 0.333 e. The summed E-state index contributed by atoms with van der Waals surface area (Å²) in [5, 5.41) is 0. The summed E-state index contributed by atoms with van der Waals surface area (Å²) in [7, 11) is 0. The minimum absolute atomic E-state index is 0.0709. The molecule has 0 saturated carbocycles. The van der Waals surface area contributed by atoms with E-state index in [0.717, 1.165) is 30.8 Å². The Kier molecular flexibility index (Phi) is 6.76. The average Bonchev–Trinajstić information content (AvgIpc) is 2.62. The summed E-state index contributed by atoms with van der Waals surface area (Å²) in [5.74, 6) is 0.0709. The van der Waals surface area contributed by atoms with Crippen molar-refractivity contribution >= 4 is 5.91 Å². The first-order valence-corrected chi connectivity index (χ1v) is 8.20. The van der Waals surface area contributed by atoms with Gasteiger partial charge in [0.1, 0.15) is 0 Å². The number of hydrogen-bond donors (Lipinski definition) is 0. The molecule has 4 nitrogen and oxygen atoms in total. The number of carbonyl (C=O) groups is 1. The summed E-state index contributed by atoms with van der Waals surface area (Å²) >= 11 is 0. The molecule has 0 spiro atoms. The number of aromatic nitrogens is 1. The highest BCUT2D eigenvalue weighted by Crippen LogP contribution is 2.10. The first-order chi connectivity index (χ1) is 11.2. The lowest BCUT2D eigenvalue weighted by Crippen LogP contribution is -2.38. The Hall–Kier alpha value is -2.20. The van der Waals surface area contributed by atoms with E-state index in [2.05, 4.69) is 23.7 Å². The SMILES string of the molecule is CCN(CC)CCN(Cc1cccnc1)C(=O)c1ccccc1. The molecule has 0 radical (unpaired) electrons. The molecule has 1 aromatic heterocycles. The van der Waals surface area contributed by atoms with Gasteiger partial charge in [-0.05, 0) is 36.9 Å². The number of rotatable bonds is 8. The van der Waals surface area contributed by atoms with Gasteiger partial charge in [-0.1, -0.05) is 38.1 Å². The van der Waals surface area contributed by atoms with Crippen molar-refractivity contribution in [3.63, 3.8) is 0 Å². The number of carbonyl (C=O) groups excluding carboxylic acids is 1. The van der Waals surface area contributed by atoms with Crippen molar-refractivity contribution in [2.75, 3.05) is 26.2 Å². The Balaban J connectivity index is 2.12. The molecule has 0 aliphatic carbocycles. The molecule has 0 aliphatic heterocycles. The molecular formula is C19H25N3O. The molecule has 0 fully saturated rings. The zero-order valence-corrected chi connectivity index (χ0v) is 14.0. The maximum absolute atomic E-state index is 12.8. The second kappa shape index (κ2) is 9.06. The molecule has 0 aliphatic rings. The van der Waals surface area contributed by atoms with Gasteiger partial charge in [-0.15, -0.1) is 0 Å². The molecule has 2 aromatic rings. The Morgan fingerprint density at radius 2 is 1.74 bits per heavy atom. The van der Waals surface area contributed by atoms with Crippen LogP contribution in [0.4, 0.5) is 0 Å². The monoisotopic (exact) mass is 311 g/mol. The van der Waals surface area contributed by atoms with Crippen LogP contribution in [-0.4, -0.2) is 46.9 Å². The second-order valence-corrected chi connectivity index (χ2v) is 5.48. The predicted octanol–water partition coefficient (Wildman–Crippen LogP) is 3.07. The van der Waals surface area contributed by atoms with E-state index in [9.17, 15) is 4.79 Å². The third kappa shape index (κ3) is 5.18. The van der Waals surface area contributed by atoms with Crippen LogP contribution < -0.4 is 0 Å². The number of hydrogen-bond acceptors (Lipinski definition) is 3. The molecule has 0 unspecified atom stereocenters. The van der Waals surface area contributed by atoms with Crippen LogP contribution in [0.1, 0.15) is 29.8 Å². The van der Waals surface area contributed by atoms with Gasteiger partial charge in [-0.2, -0.15) is 0 Å². The van der Waals surface area contributed by atoms with E-state index in [-0.39, 0.29) is 5.91 Å². The lowest BCUT2D eigenvalue weighted by atomic mass is 10.1. The molecule has 1 heterocycles. The molecule has 2 rings (SSSR count). The molecule has 0 bridgehead atoms. The van der Waals surface area contributed by atoms with Crippen molar-refractivity contribution in [3.05, 3.63) is 66.0 Å². The highest BCUT2D eigenvalue weighted by molar-refractivity contribution is 5.94. The summed E-state index contributed by atoms with van der Waals surface area (Å²) in [6, 6.07) is 13.4. The van der Waals surface area contributed by atoms with Gasteiger partial charge in [0.25, 0.3) is 5.91 Å². The summed E-state index contributed by atoms with van der Waals surface area (Å²) in [6.45, 7) is 8.47. The van der Waals surface area contributed by atoms with Gasteiger partial charge in [0.05, 0.1) is 0 Å². The van der Waals surface area contributed by atoms with Crippen molar-refractivity contribution < 1.29 is 4.79 Å². The van der Waals surface area contributed by atoms with Crippen LogP contribution in [-0.2, 0) is 6.54 Å². The van der Waals surface area contributed by atoms with Gasteiger partial charge in [-0.3, -0.25) is 9.78 Å². The smallest absolute Gasteiger partial charge is 0.254 e. The fourth-order valence-electron chi connectivity index (χ4n) is 2.53. The second-order valence-electron chi connectivity index (χ2n) is 5.48. The number of likely N-dealkylation sites (N-methyl/N-ethyl adjacent to an activating group) is 1. The molecule has 23 heavy (non-hydrogen) atoms. The molecule has 0 saturated heterocycles. The van der Waals surface area contributed by atoms with Gasteiger partial charge in [0, 0.05) is 37.6 Å². The Labute approximate surface area is 138 Å². The van der Waals surface area contributed by atoms with Crippen LogP contribution in [0.15, 0.2) is 54.9 Å². The van der Waals surface area contributed by atoms with E-state index < -0.39 is 0 Å². The van der Waals surface area contributed by atoms with E-state index in [4.69, 9.17) is 0 Å². The molecule has 122 valence electrons. The number of benzene rings is 1. The quantitative estimate of drug-likeness (QED) is 0.752. The maximum atomic E-state index is 12.8. The topological polar surface area (TPSA) is 36.4 Å². The number of amides is 1. The zero-order valence-electron chi connectivity index (χ0n) is 14.0. The van der Waals surface area contributed by atoms with Gasteiger partial charge in [-0.25, -0.2) is 0 Å². The Morgan fingerprint density at radius 1 is 1.00 bits per heavy atom. The molecule has 4 heteroatoms. The van der Waals surface area contributed by atoms with E-state index >= 15 is 0 Å². The fraction of sp³-hybridized carbons (Fsp3) is 0.368. The van der Waals surface area contributed by atoms with Gasteiger partial charge >= 0.3 is 0 Å². The number of nitrogens with zero attached hydrogens (tertiary/aromatic N) is 3. The molecule has 0 N–H and O–H groups in total. The van der Waals surface area contributed by atoms with Crippen molar-refractivity contribution in [3.8, 4) is 0 Å². The number of pyridine rings is 1. The zero-order chi connectivity index (χ0) is 16.5. The summed E-state index contributed by atoms with van der Waals surface area (Å²) in [6.07, 6.45) is 3.57. The third-order valence-corrected chi connectivity index (χ3v) is 3.98. The highest BCUT2D eigenvalue weighted by atomic mass is 16.2. The van der Waals surface area contributed by atoms with Crippen LogP contribution in [0, 0.1) is 0 Å². The van der Waals surface area contributed by atoms with Crippen molar-refractivity contribution in [2.24, 2.45) is 0 Å². The minimum Gasteiger partial charge on any atom is -0.333 e. The molecule has 1 amide bonds. The van der Waals surface area contributed by atoms with Crippen molar-refractivity contribution in [2.45, 2.75) is 20.4 Å². The minimum atomic E-state index is 0.0709. The van der Waals surface area contributed by atoms with Crippen molar-refractivity contribution in [1.29, 1.82) is 0 Å². The molecule has 0 atom stereocenters. The average molecular weight is 311 g/mol. The van der Waals surface area contributed by atoms with Gasteiger partial charge < -0.3 is 9.80 Å². The molecular weight excluding hydrogens is 286 g/mol. The first-order valence-electron chi connectivity index (χ1n) is 8.20. The summed E-state index contributed by atoms with van der Waals surface area (Å²) in [5.41, 5.74) is 1.78. The van der Waals surface area contributed by atoms with Crippen LogP contribution >= 0.6 is 0 Å². The van der Waals surface area contributed by atoms with Crippen LogP contribution in [0.3, 0.4) is 0 Å². The fourth-order valence-corrected chi connectivity index (χ4v) is 2.53. The van der Waals surface area contributed by atoms with Gasteiger partial charge in [0.15, 0.2) is 0 Å². The maximum Gasteiger partial charge on any atom is 0.254 e. The third-order valence-electron chi connectivity index (χ3n) is 3.98. The summed E-state index contributed by atoms with van der Waals surface area (Å²) < 4.78 is 0. The predicted molar refractivity (Wildman–Crippen MR) is 93.2 cm³/mol. The van der Waals surface area contributed by atoms with Crippen LogP contribution in [0.2, 0.25) is 0 Å². The lowest BCUT2D eigenvalue weighted by molar-refractivity contribution is 0.0724. The van der Waals surface area contributed by atoms with E-state index in [0.29, 0.717) is 13.1 Å². The van der Waals surface area contributed by atoms with E-state index in [1.807, 2.05) is 53.6 Å². The van der Waals surface area contributed by atoms with Crippen LogP contribution in [0.25, 0.3) is 0 Å². The standard InChI is InChI=1S/C19H25N3O/c1-3-21(4-2)13-14-22(16-17-9-8-12-20-15-17)19(23)18-10-6-5-7-11-18/h5-12,15H,3-4,13-14,16H2,1-2H3. The normalized spacial score (nSPS) is 10.7. The molecule has 1 aromatic carbocycles. The van der Waals surface area contributed by atoms with Gasteiger partial charge in [0.2, 0.25) is 0 Å². The van der Waals surface area contributed by atoms with Crippen LogP contribution in [0.5, 0.6) is 0 Å².